The van der Waals surface area contributed by atoms with Gasteiger partial charge in [-0.15, -0.1) is 0 Å². The van der Waals surface area contributed by atoms with Gasteiger partial charge in [-0.1, -0.05) is 42.5 Å². The summed E-state index contributed by atoms with van der Waals surface area (Å²) < 4.78 is 0. The fourth-order valence-corrected chi connectivity index (χ4v) is 3.66. The molecule has 2 aliphatic rings. The Kier molecular flexibility index (Phi) is 4.24. The topological polar surface area (TPSA) is 61.4 Å². The average Bonchev–Trinajstić information content (AvgIpc) is 3.05. The summed E-state index contributed by atoms with van der Waals surface area (Å²) in [5, 5.41) is 5.98. The van der Waals surface area contributed by atoms with Gasteiger partial charge in [-0.25, -0.2) is 0 Å². The Hall–Kier alpha value is -2.66. The van der Waals surface area contributed by atoms with E-state index in [1.54, 1.807) is 0 Å². The Balaban J connectivity index is 1.48. The molecule has 1 atom stereocenters. The molecule has 0 spiro atoms. The van der Waals surface area contributed by atoms with Gasteiger partial charge < -0.3 is 5.32 Å². The van der Waals surface area contributed by atoms with Crippen molar-refractivity contribution in [3.63, 3.8) is 0 Å². The summed E-state index contributed by atoms with van der Waals surface area (Å²) >= 11 is 0. The quantitative estimate of drug-likeness (QED) is 0.843. The van der Waals surface area contributed by atoms with E-state index in [1.807, 2.05) is 18.2 Å². The van der Waals surface area contributed by atoms with Crippen LogP contribution in [0.4, 0.5) is 5.69 Å². The zero-order chi connectivity index (χ0) is 17.2. The molecule has 2 aromatic rings. The van der Waals surface area contributed by atoms with Gasteiger partial charge in [-0.2, -0.15) is 0 Å². The molecular formula is C20H21N3O2. The predicted molar refractivity (Wildman–Crippen MR) is 95.6 cm³/mol. The Bertz CT molecular complexity index is 804. The molecule has 0 radical (unpaired) electrons. The van der Waals surface area contributed by atoms with Crippen LogP contribution >= 0.6 is 0 Å². The van der Waals surface area contributed by atoms with Gasteiger partial charge in [0.15, 0.2) is 0 Å². The van der Waals surface area contributed by atoms with Crippen molar-refractivity contribution in [3.8, 4) is 0 Å². The highest BCUT2D eigenvalue weighted by molar-refractivity contribution is 6.00. The van der Waals surface area contributed by atoms with Crippen molar-refractivity contribution < 1.29 is 9.59 Å². The van der Waals surface area contributed by atoms with Crippen LogP contribution in [-0.2, 0) is 29.2 Å². The summed E-state index contributed by atoms with van der Waals surface area (Å²) in [6.07, 6.45) is 1.02. The number of hydrogen-bond donors (Lipinski definition) is 2. The maximum absolute atomic E-state index is 12.1. The number of carbonyl (C=O) groups excluding carboxylic acids is 2. The molecule has 2 N–H and O–H groups in total. The average molecular weight is 335 g/mol. The van der Waals surface area contributed by atoms with E-state index in [1.165, 1.54) is 16.7 Å². The molecule has 2 amide bonds. The fraction of sp³-hybridized carbons (Fsp3) is 0.300. The monoisotopic (exact) mass is 335 g/mol. The van der Waals surface area contributed by atoms with Crippen LogP contribution in [-0.4, -0.2) is 22.8 Å². The number of nitrogens with zero attached hydrogens (tertiary/aromatic N) is 1. The lowest BCUT2D eigenvalue weighted by atomic mass is 10.0. The SMILES string of the molecule is O=C1CCC(N2Cc3cccc(NCc4ccccc4)c3C2)C(=O)N1. The first-order valence-electron chi connectivity index (χ1n) is 8.67. The van der Waals surface area contributed by atoms with Crippen LogP contribution in [0.25, 0.3) is 0 Å². The Morgan fingerprint density at radius 2 is 1.88 bits per heavy atom. The fourth-order valence-electron chi connectivity index (χ4n) is 3.66. The molecule has 0 aliphatic carbocycles. The van der Waals surface area contributed by atoms with Crippen molar-refractivity contribution in [2.24, 2.45) is 0 Å². The lowest BCUT2D eigenvalue weighted by Crippen LogP contribution is -2.50. The first kappa shape index (κ1) is 15.8. The molecule has 0 aromatic heterocycles. The lowest BCUT2D eigenvalue weighted by Gasteiger charge is -2.29. The first-order chi connectivity index (χ1) is 12.2. The van der Waals surface area contributed by atoms with Crippen LogP contribution in [0.5, 0.6) is 0 Å². The summed E-state index contributed by atoms with van der Waals surface area (Å²) in [5.41, 5.74) is 4.86. The normalized spacial score (nSPS) is 20.2. The molecule has 1 saturated heterocycles. The van der Waals surface area contributed by atoms with Crippen molar-refractivity contribution in [2.45, 2.75) is 38.5 Å². The molecule has 0 saturated carbocycles. The molecule has 5 nitrogen and oxygen atoms in total. The smallest absolute Gasteiger partial charge is 0.243 e. The van der Waals surface area contributed by atoms with Crippen molar-refractivity contribution >= 4 is 17.5 Å². The Morgan fingerprint density at radius 3 is 2.68 bits per heavy atom. The van der Waals surface area contributed by atoms with Crippen molar-refractivity contribution in [1.29, 1.82) is 0 Å². The number of rotatable bonds is 4. The number of anilines is 1. The van der Waals surface area contributed by atoms with Crippen molar-refractivity contribution in [3.05, 3.63) is 65.2 Å². The number of fused-ring (bicyclic) bond motifs is 1. The number of imide groups is 1. The van der Waals surface area contributed by atoms with Crippen LogP contribution in [0.3, 0.4) is 0 Å². The van der Waals surface area contributed by atoms with E-state index in [0.717, 1.165) is 25.3 Å². The zero-order valence-corrected chi connectivity index (χ0v) is 14.0. The number of nitrogens with one attached hydrogen (secondary N) is 2. The maximum atomic E-state index is 12.1. The largest absolute Gasteiger partial charge is 0.381 e. The van der Waals surface area contributed by atoms with Gasteiger partial charge >= 0.3 is 0 Å². The highest BCUT2D eigenvalue weighted by Crippen LogP contribution is 2.32. The molecule has 2 aromatic carbocycles. The molecular weight excluding hydrogens is 314 g/mol. The molecule has 2 aliphatic heterocycles. The van der Waals surface area contributed by atoms with Gasteiger partial charge in [-0.05, 0) is 29.2 Å². The highest BCUT2D eigenvalue weighted by atomic mass is 16.2. The van der Waals surface area contributed by atoms with E-state index in [2.05, 4.69) is 45.9 Å². The van der Waals surface area contributed by atoms with Crippen LogP contribution in [0.1, 0.15) is 29.5 Å². The molecule has 4 rings (SSSR count). The lowest BCUT2D eigenvalue weighted by molar-refractivity contribution is -0.137. The van der Waals surface area contributed by atoms with E-state index in [9.17, 15) is 9.59 Å². The van der Waals surface area contributed by atoms with Crippen molar-refractivity contribution in [1.82, 2.24) is 10.2 Å². The minimum atomic E-state index is -0.216. The Labute approximate surface area is 147 Å². The Morgan fingerprint density at radius 1 is 1.04 bits per heavy atom. The van der Waals surface area contributed by atoms with Crippen molar-refractivity contribution in [2.75, 3.05) is 5.32 Å². The summed E-state index contributed by atoms with van der Waals surface area (Å²) in [6.45, 7) is 2.26. The number of piperidine rings is 1. The maximum Gasteiger partial charge on any atom is 0.243 e. The minimum absolute atomic E-state index is 0.164. The third kappa shape index (κ3) is 3.28. The molecule has 0 bridgehead atoms. The summed E-state index contributed by atoms with van der Waals surface area (Å²) in [4.78, 5) is 25.7. The number of carbonyl (C=O) groups is 2. The van der Waals surface area contributed by atoms with E-state index >= 15 is 0 Å². The predicted octanol–water partition coefficient (Wildman–Crippen LogP) is 2.42. The van der Waals surface area contributed by atoms with Gasteiger partial charge in [0.25, 0.3) is 0 Å². The van der Waals surface area contributed by atoms with Gasteiger partial charge in [0.1, 0.15) is 0 Å². The van der Waals surface area contributed by atoms with E-state index in [0.29, 0.717) is 12.8 Å². The molecule has 5 heteroatoms. The van der Waals surface area contributed by atoms with Gasteiger partial charge in [0.05, 0.1) is 6.04 Å². The highest BCUT2D eigenvalue weighted by Gasteiger charge is 2.35. The second-order valence-electron chi connectivity index (χ2n) is 6.65. The van der Waals surface area contributed by atoms with Gasteiger partial charge in [0.2, 0.25) is 11.8 Å². The summed E-state index contributed by atoms with van der Waals surface area (Å²) in [7, 11) is 0. The molecule has 1 unspecified atom stereocenters. The van der Waals surface area contributed by atoms with Gasteiger partial charge in [-0.3, -0.25) is 19.8 Å². The van der Waals surface area contributed by atoms with E-state index in [4.69, 9.17) is 0 Å². The van der Waals surface area contributed by atoms with E-state index in [-0.39, 0.29) is 17.9 Å². The summed E-state index contributed by atoms with van der Waals surface area (Å²) in [5.74, 6) is -0.328. The minimum Gasteiger partial charge on any atom is -0.381 e. The first-order valence-corrected chi connectivity index (χ1v) is 8.67. The molecule has 128 valence electrons. The standard InChI is InChI=1S/C20H21N3O2/c24-19-10-9-18(20(25)22-19)23-12-15-7-4-8-17(16(15)13-23)21-11-14-5-2-1-3-6-14/h1-8,18,21H,9-13H2,(H,22,24,25). The van der Waals surface area contributed by atoms with Crippen LogP contribution in [0.2, 0.25) is 0 Å². The number of benzene rings is 2. The van der Waals surface area contributed by atoms with Crippen LogP contribution in [0.15, 0.2) is 48.5 Å². The summed E-state index contributed by atoms with van der Waals surface area (Å²) in [6, 6.07) is 16.4. The number of amides is 2. The molecule has 25 heavy (non-hydrogen) atoms. The zero-order valence-electron chi connectivity index (χ0n) is 14.0. The van der Waals surface area contributed by atoms with Gasteiger partial charge in [0, 0.05) is 31.7 Å². The van der Waals surface area contributed by atoms with Crippen LogP contribution < -0.4 is 10.6 Å². The molecule has 2 heterocycles. The second-order valence-corrected chi connectivity index (χ2v) is 6.65. The molecule has 1 fully saturated rings. The second kappa shape index (κ2) is 6.69. The third-order valence-electron chi connectivity index (χ3n) is 4.98. The van der Waals surface area contributed by atoms with E-state index < -0.39 is 0 Å². The third-order valence-corrected chi connectivity index (χ3v) is 4.98. The number of hydrogen-bond acceptors (Lipinski definition) is 4. The van der Waals surface area contributed by atoms with Crippen LogP contribution in [0, 0.1) is 0 Å².